The second-order valence-corrected chi connectivity index (χ2v) is 4.89. The van der Waals surface area contributed by atoms with Gasteiger partial charge in [0.1, 0.15) is 5.60 Å². The fourth-order valence-electron chi connectivity index (χ4n) is 1.65. The van der Waals surface area contributed by atoms with Crippen LogP contribution in [0.5, 0.6) is 0 Å². The topological polar surface area (TPSA) is 33.4 Å². The Kier molecular flexibility index (Phi) is 2.91. The molecule has 1 unspecified atom stereocenters. The highest BCUT2D eigenvalue weighted by molar-refractivity contribution is 9.10. The first-order valence-electron chi connectivity index (χ1n) is 5.05. The summed E-state index contributed by atoms with van der Waals surface area (Å²) in [6.07, 6.45) is 1.56. The van der Waals surface area contributed by atoms with Gasteiger partial charge in [-0.3, -0.25) is 0 Å². The monoisotopic (exact) mass is 280 g/mol. The highest BCUT2D eigenvalue weighted by atomic mass is 79.9. The van der Waals surface area contributed by atoms with Gasteiger partial charge in [-0.05, 0) is 41.4 Å². The Morgan fingerprint density at radius 2 is 1.81 bits per heavy atom. The van der Waals surface area contributed by atoms with Crippen LogP contribution in [0.4, 0.5) is 0 Å². The average molecular weight is 281 g/mol. The minimum absolute atomic E-state index is 0.524. The van der Waals surface area contributed by atoms with Crippen LogP contribution >= 0.6 is 15.9 Å². The summed E-state index contributed by atoms with van der Waals surface area (Å²) in [5.74, 6) is 0.524. The van der Waals surface area contributed by atoms with Gasteiger partial charge < -0.3 is 9.52 Å². The lowest BCUT2D eigenvalue weighted by Gasteiger charge is -2.22. The third kappa shape index (κ3) is 1.93. The maximum Gasteiger partial charge on any atom is 0.153 e. The van der Waals surface area contributed by atoms with Crippen molar-refractivity contribution in [2.45, 2.75) is 19.4 Å². The Balaban J connectivity index is 2.46. The normalized spacial score (nSPS) is 14.8. The molecule has 2 nitrogen and oxygen atoms in total. The predicted octanol–water partition coefficient (Wildman–Crippen LogP) is 3.61. The second-order valence-electron chi connectivity index (χ2n) is 4.04. The van der Waals surface area contributed by atoms with Crippen molar-refractivity contribution in [1.29, 1.82) is 0 Å². The zero-order valence-corrected chi connectivity index (χ0v) is 10.8. The molecule has 84 valence electrons. The molecule has 0 radical (unpaired) electrons. The summed E-state index contributed by atoms with van der Waals surface area (Å²) in [4.78, 5) is 0. The lowest BCUT2D eigenvalue weighted by molar-refractivity contribution is 0.0758. The van der Waals surface area contributed by atoms with Gasteiger partial charge in [0, 0.05) is 0 Å². The molecule has 1 aromatic carbocycles. The van der Waals surface area contributed by atoms with E-state index in [0.717, 1.165) is 15.6 Å². The first-order valence-corrected chi connectivity index (χ1v) is 5.84. The van der Waals surface area contributed by atoms with E-state index < -0.39 is 5.60 Å². The molecule has 0 bridgehead atoms. The van der Waals surface area contributed by atoms with E-state index in [1.165, 1.54) is 0 Å². The van der Waals surface area contributed by atoms with Gasteiger partial charge in [0.2, 0.25) is 0 Å². The van der Waals surface area contributed by atoms with E-state index in [9.17, 15) is 5.11 Å². The molecule has 0 aliphatic rings. The molecular formula is C13H13BrO2. The molecule has 1 aromatic heterocycles. The van der Waals surface area contributed by atoms with Crippen LogP contribution in [0.25, 0.3) is 0 Å². The lowest BCUT2D eigenvalue weighted by atomic mass is 9.93. The van der Waals surface area contributed by atoms with Crippen molar-refractivity contribution in [1.82, 2.24) is 0 Å². The molecule has 16 heavy (non-hydrogen) atoms. The highest BCUT2D eigenvalue weighted by Crippen LogP contribution is 2.34. The molecule has 2 aromatic rings. The van der Waals surface area contributed by atoms with Crippen LogP contribution in [0.15, 0.2) is 45.5 Å². The van der Waals surface area contributed by atoms with E-state index in [0.29, 0.717) is 5.76 Å². The molecule has 0 amide bonds. The molecule has 1 atom stereocenters. The van der Waals surface area contributed by atoms with E-state index in [1.54, 1.807) is 19.3 Å². The molecule has 0 saturated carbocycles. The number of hydrogen-bond acceptors (Lipinski definition) is 2. The molecule has 0 saturated heterocycles. The van der Waals surface area contributed by atoms with Crippen molar-refractivity contribution in [2.24, 2.45) is 0 Å². The van der Waals surface area contributed by atoms with Crippen LogP contribution < -0.4 is 0 Å². The number of halogens is 1. The van der Waals surface area contributed by atoms with E-state index in [1.807, 2.05) is 31.2 Å². The van der Waals surface area contributed by atoms with Crippen LogP contribution in [0, 0.1) is 6.92 Å². The summed E-state index contributed by atoms with van der Waals surface area (Å²) in [5.41, 5.74) is 0.863. The number of rotatable bonds is 2. The van der Waals surface area contributed by atoms with E-state index >= 15 is 0 Å². The van der Waals surface area contributed by atoms with Crippen LogP contribution in [-0.4, -0.2) is 5.11 Å². The molecule has 0 aliphatic heterocycles. The highest BCUT2D eigenvalue weighted by Gasteiger charge is 2.30. The number of aliphatic hydroxyl groups is 1. The van der Waals surface area contributed by atoms with Crippen molar-refractivity contribution < 1.29 is 9.52 Å². The predicted molar refractivity (Wildman–Crippen MR) is 66.3 cm³/mol. The maximum atomic E-state index is 10.5. The summed E-state index contributed by atoms with van der Waals surface area (Å²) in [7, 11) is 0. The number of hydrogen-bond donors (Lipinski definition) is 1. The van der Waals surface area contributed by atoms with E-state index in [4.69, 9.17) is 4.42 Å². The first-order chi connectivity index (χ1) is 7.51. The minimum atomic E-state index is -1.12. The number of benzene rings is 1. The van der Waals surface area contributed by atoms with Gasteiger partial charge in [-0.15, -0.1) is 0 Å². The molecule has 0 spiro atoms. The third-order valence-electron chi connectivity index (χ3n) is 2.67. The van der Waals surface area contributed by atoms with Gasteiger partial charge in [0.15, 0.2) is 5.76 Å². The van der Waals surface area contributed by atoms with Crippen LogP contribution in [-0.2, 0) is 5.60 Å². The first kappa shape index (κ1) is 11.4. The Hall–Kier alpha value is -1.06. The second kappa shape index (κ2) is 4.07. The Bertz CT molecular complexity index is 483. The number of aryl methyl sites for hydroxylation is 1. The van der Waals surface area contributed by atoms with Crippen molar-refractivity contribution in [3.8, 4) is 0 Å². The van der Waals surface area contributed by atoms with Crippen LogP contribution in [0.2, 0.25) is 0 Å². The standard InChI is InChI=1S/C13H13BrO2/c1-9-3-5-10(6-4-9)13(2,15)12-11(14)7-8-16-12/h3-8,15H,1-2H3. The smallest absolute Gasteiger partial charge is 0.153 e. The molecule has 3 heteroatoms. The lowest BCUT2D eigenvalue weighted by Crippen LogP contribution is -2.22. The molecule has 1 N–H and O–H groups in total. The van der Waals surface area contributed by atoms with Gasteiger partial charge in [0.05, 0.1) is 10.7 Å². The largest absolute Gasteiger partial charge is 0.465 e. The fraction of sp³-hybridized carbons (Fsp3) is 0.231. The molecular weight excluding hydrogens is 268 g/mol. The zero-order chi connectivity index (χ0) is 11.8. The maximum absolute atomic E-state index is 10.5. The minimum Gasteiger partial charge on any atom is -0.465 e. The van der Waals surface area contributed by atoms with Crippen molar-refractivity contribution in [3.63, 3.8) is 0 Å². The fourth-order valence-corrected chi connectivity index (χ4v) is 2.24. The Morgan fingerprint density at radius 3 is 2.31 bits per heavy atom. The quantitative estimate of drug-likeness (QED) is 0.912. The van der Waals surface area contributed by atoms with Gasteiger partial charge in [0.25, 0.3) is 0 Å². The van der Waals surface area contributed by atoms with Crippen molar-refractivity contribution >= 4 is 15.9 Å². The van der Waals surface area contributed by atoms with Crippen molar-refractivity contribution in [2.75, 3.05) is 0 Å². The Morgan fingerprint density at radius 1 is 1.19 bits per heavy atom. The number of furan rings is 1. The molecule has 1 heterocycles. The van der Waals surface area contributed by atoms with E-state index in [-0.39, 0.29) is 0 Å². The van der Waals surface area contributed by atoms with E-state index in [2.05, 4.69) is 15.9 Å². The molecule has 2 rings (SSSR count). The van der Waals surface area contributed by atoms with Crippen LogP contribution in [0.3, 0.4) is 0 Å². The van der Waals surface area contributed by atoms with Gasteiger partial charge >= 0.3 is 0 Å². The zero-order valence-electron chi connectivity index (χ0n) is 9.20. The summed E-state index contributed by atoms with van der Waals surface area (Å²) >= 11 is 3.36. The van der Waals surface area contributed by atoms with Gasteiger partial charge in [-0.25, -0.2) is 0 Å². The van der Waals surface area contributed by atoms with Gasteiger partial charge in [-0.2, -0.15) is 0 Å². The summed E-state index contributed by atoms with van der Waals surface area (Å²) in [6, 6.07) is 9.54. The van der Waals surface area contributed by atoms with Crippen LogP contribution in [0.1, 0.15) is 23.8 Å². The SMILES string of the molecule is Cc1ccc(C(C)(O)c2occc2Br)cc1. The van der Waals surface area contributed by atoms with Gasteiger partial charge in [-0.1, -0.05) is 29.8 Å². The van der Waals surface area contributed by atoms with Crippen molar-refractivity contribution in [3.05, 3.63) is 58.0 Å². The summed E-state index contributed by atoms with van der Waals surface area (Å²) in [6.45, 7) is 3.74. The summed E-state index contributed by atoms with van der Waals surface area (Å²) < 4.78 is 6.09. The molecule has 0 aliphatic carbocycles. The third-order valence-corrected chi connectivity index (χ3v) is 3.30. The summed E-state index contributed by atoms with van der Waals surface area (Å²) in [5, 5.41) is 10.5. The average Bonchev–Trinajstić information content (AvgIpc) is 2.66. The Labute approximate surface area is 103 Å². The molecule has 0 fully saturated rings.